The molecule has 0 saturated carbocycles. The second kappa shape index (κ2) is 3.28. The Labute approximate surface area is 67.3 Å². The molecule has 0 aromatic carbocycles. The predicted molar refractivity (Wildman–Crippen MR) is 40.0 cm³/mol. The molecule has 0 bridgehead atoms. The van der Waals surface area contributed by atoms with Crippen LogP contribution in [-0.4, -0.2) is 11.5 Å². The minimum atomic E-state index is -2.69. The Balaban J connectivity index is 2.84. The summed E-state index contributed by atoms with van der Waals surface area (Å²) in [4.78, 5) is 0. The number of rotatable bonds is 2. The van der Waals surface area contributed by atoms with Gasteiger partial charge in [-0.3, -0.25) is 0 Å². The zero-order valence-electron chi connectivity index (χ0n) is 5.92. The maximum Gasteiger partial charge on any atom is 0.268 e. The van der Waals surface area contributed by atoms with Crippen LogP contribution in [0.1, 0.15) is 17.2 Å². The summed E-state index contributed by atoms with van der Waals surface area (Å²) >= 11 is 1.32. The highest BCUT2D eigenvalue weighted by Crippen LogP contribution is 2.25. The van der Waals surface area contributed by atoms with Gasteiger partial charge in [0.15, 0.2) is 0 Å². The van der Waals surface area contributed by atoms with Gasteiger partial charge in [-0.15, -0.1) is 0 Å². The van der Waals surface area contributed by atoms with Crippen molar-refractivity contribution < 1.29 is 13.9 Å². The van der Waals surface area contributed by atoms with Gasteiger partial charge in [-0.1, -0.05) is 0 Å². The summed E-state index contributed by atoms with van der Waals surface area (Å²) in [6.45, 7) is 1.71. The molecular formula is C7H8F2OS. The Morgan fingerprint density at radius 2 is 2.09 bits per heavy atom. The van der Waals surface area contributed by atoms with Crippen LogP contribution in [0.3, 0.4) is 0 Å². The molecule has 0 aliphatic heterocycles. The van der Waals surface area contributed by atoms with E-state index < -0.39 is 12.5 Å². The summed E-state index contributed by atoms with van der Waals surface area (Å²) in [7, 11) is 0. The van der Waals surface area contributed by atoms with Gasteiger partial charge in [0.05, 0.1) is 0 Å². The maximum absolute atomic E-state index is 11.9. The minimum absolute atomic E-state index is 0.338. The molecule has 62 valence electrons. The van der Waals surface area contributed by atoms with E-state index in [0.29, 0.717) is 5.56 Å². The molecule has 1 unspecified atom stereocenters. The molecule has 0 spiro atoms. The summed E-state index contributed by atoms with van der Waals surface area (Å²) < 4.78 is 23.9. The average Bonchev–Trinajstić information content (AvgIpc) is 2.33. The lowest BCUT2D eigenvalue weighted by molar-refractivity contribution is -0.00587. The zero-order valence-corrected chi connectivity index (χ0v) is 6.74. The highest BCUT2D eigenvalue weighted by molar-refractivity contribution is 7.08. The lowest BCUT2D eigenvalue weighted by atomic mass is 10.1. The molecule has 0 aliphatic carbocycles. The van der Waals surface area contributed by atoms with Gasteiger partial charge in [0.1, 0.15) is 6.10 Å². The number of aliphatic hydroxyl groups is 1. The van der Waals surface area contributed by atoms with E-state index in [1.54, 1.807) is 17.7 Å². The first-order valence-electron chi connectivity index (χ1n) is 3.12. The Morgan fingerprint density at radius 3 is 2.45 bits per heavy atom. The van der Waals surface area contributed by atoms with Crippen LogP contribution < -0.4 is 0 Å². The van der Waals surface area contributed by atoms with E-state index in [1.165, 1.54) is 11.3 Å². The van der Waals surface area contributed by atoms with Crippen LogP contribution in [0.4, 0.5) is 8.78 Å². The fourth-order valence-corrected chi connectivity index (χ4v) is 1.69. The third kappa shape index (κ3) is 1.75. The molecular weight excluding hydrogens is 170 g/mol. The number of aliphatic hydroxyl groups excluding tert-OH is 1. The normalized spacial score (nSPS) is 13.9. The number of thiophene rings is 1. The molecule has 0 amide bonds. The first-order valence-corrected chi connectivity index (χ1v) is 4.06. The Morgan fingerprint density at radius 1 is 1.45 bits per heavy atom. The van der Waals surface area contributed by atoms with Gasteiger partial charge in [0.2, 0.25) is 0 Å². The summed E-state index contributed by atoms with van der Waals surface area (Å²) in [5, 5.41) is 12.2. The smallest absolute Gasteiger partial charge is 0.268 e. The summed E-state index contributed by atoms with van der Waals surface area (Å²) in [5.41, 5.74) is 1.06. The molecule has 0 radical (unpaired) electrons. The molecule has 4 heteroatoms. The van der Waals surface area contributed by atoms with Crippen molar-refractivity contribution in [2.45, 2.75) is 19.5 Å². The van der Waals surface area contributed by atoms with Gasteiger partial charge in [-0.2, -0.15) is 11.3 Å². The molecule has 1 rings (SSSR count). The van der Waals surface area contributed by atoms with Gasteiger partial charge in [0.25, 0.3) is 6.43 Å². The van der Waals surface area contributed by atoms with Gasteiger partial charge in [-0.25, -0.2) is 8.78 Å². The summed E-state index contributed by atoms with van der Waals surface area (Å²) in [6, 6.07) is 0. The zero-order chi connectivity index (χ0) is 8.43. The molecule has 0 fully saturated rings. The SMILES string of the molecule is Cc1cscc1C(O)C(F)F. The highest BCUT2D eigenvalue weighted by Gasteiger charge is 2.20. The van der Waals surface area contributed by atoms with E-state index in [2.05, 4.69) is 0 Å². The number of halogens is 2. The van der Waals surface area contributed by atoms with Crippen LogP contribution in [0, 0.1) is 6.92 Å². The van der Waals surface area contributed by atoms with Crippen LogP contribution in [0.25, 0.3) is 0 Å². The largest absolute Gasteiger partial charge is 0.382 e. The van der Waals surface area contributed by atoms with Crippen molar-refractivity contribution >= 4 is 11.3 Å². The van der Waals surface area contributed by atoms with Crippen molar-refractivity contribution in [2.75, 3.05) is 0 Å². The number of alkyl halides is 2. The number of aryl methyl sites for hydroxylation is 1. The van der Waals surface area contributed by atoms with Gasteiger partial charge < -0.3 is 5.11 Å². The van der Waals surface area contributed by atoms with Crippen LogP contribution in [0.15, 0.2) is 10.8 Å². The summed E-state index contributed by atoms with van der Waals surface area (Å²) in [5.74, 6) is 0. The molecule has 1 aromatic rings. The van der Waals surface area contributed by atoms with E-state index in [0.717, 1.165) is 5.56 Å². The Hall–Kier alpha value is -0.480. The topological polar surface area (TPSA) is 20.2 Å². The van der Waals surface area contributed by atoms with Crippen molar-refractivity contribution in [3.8, 4) is 0 Å². The fraction of sp³-hybridized carbons (Fsp3) is 0.429. The van der Waals surface area contributed by atoms with Gasteiger partial charge in [0, 0.05) is 0 Å². The monoisotopic (exact) mass is 178 g/mol. The van der Waals surface area contributed by atoms with Crippen molar-refractivity contribution in [3.05, 3.63) is 21.9 Å². The van der Waals surface area contributed by atoms with Crippen molar-refractivity contribution in [1.82, 2.24) is 0 Å². The van der Waals surface area contributed by atoms with Crippen molar-refractivity contribution in [2.24, 2.45) is 0 Å². The second-order valence-corrected chi connectivity index (χ2v) is 3.03. The maximum atomic E-state index is 11.9. The summed E-state index contributed by atoms with van der Waals surface area (Å²) in [6.07, 6.45) is -4.32. The molecule has 0 aliphatic rings. The van der Waals surface area contributed by atoms with Crippen molar-refractivity contribution in [1.29, 1.82) is 0 Å². The second-order valence-electron chi connectivity index (χ2n) is 2.29. The Kier molecular flexibility index (Phi) is 2.57. The predicted octanol–water partition coefficient (Wildman–Crippen LogP) is 2.36. The molecule has 1 N–H and O–H groups in total. The Bertz CT molecular complexity index is 234. The van der Waals surface area contributed by atoms with Gasteiger partial charge in [-0.05, 0) is 28.8 Å². The quantitative estimate of drug-likeness (QED) is 0.737. The van der Waals surface area contributed by atoms with Gasteiger partial charge >= 0.3 is 0 Å². The van der Waals surface area contributed by atoms with Crippen LogP contribution in [-0.2, 0) is 0 Å². The molecule has 0 saturated heterocycles. The van der Waals surface area contributed by atoms with E-state index in [4.69, 9.17) is 5.11 Å². The lowest BCUT2D eigenvalue weighted by Gasteiger charge is -2.07. The number of hydrogen-bond acceptors (Lipinski definition) is 2. The first-order chi connectivity index (χ1) is 5.13. The average molecular weight is 178 g/mol. The third-order valence-electron chi connectivity index (χ3n) is 1.45. The van der Waals surface area contributed by atoms with Crippen molar-refractivity contribution in [3.63, 3.8) is 0 Å². The van der Waals surface area contributed by atoms with E-state index in [9.17, 15) is 8.78 Å². The molecule has 1 atom stereocenters. The minimum Gasteiger partial charge on any atom is -0.382 e. The van der Waals surface area contributed by atoms with Crippen LogP contribution in [0.5, 0.6) is 0 Å². The number of hydrogen-bond donors (Lipinski definition) is 1. The van der Waals surface area contributed by atoms with Crippen LogP contribution in [0.2, 0.25) is 0 Å². The standard InChI is InChI=1S/C7H8F2OS/c1-4-2-11-3-5(4)6(10)7(8)9/h2-3,6-7,10H,1H3. The highest BCUT2D eigenvalue weighted by atomic mass is 32.1. The van der Waals surface area contributed by atoms with Crippen LogP contribution >= 0.6 is 11.3 Å². The van der Waals surface area contributed by atoms with E-state index in [-0.39, 0.29) is 0 Å². The van der Waals surface area contributed by atoms with E-state index in [1.807, 2.05) is 0 Å². The molecule has 1 nitrogen and oxygen atoms in total. The molecule has 1 heterocycles. The van der Waals surface area contributed by atoms with E-state index >= 15 is 0 Å². The third-order valence-corrected chi connectivity index (χ3v) is 2.33. The first kappa shape index (κ1) is 8.62. The lowest BCUT2D eigenvalue weighted by Crippen LogP contribution is -2.07. The molecule has 1 aromatic heterocycles. The fourth-order valence-electron chi connectivity index (χ4n) is 0.809. The molecule has 11 heavy (non-hydrogen) atoms.